The normalized spacial score (nSPS) is 13.5. The Morgan fingerprint density at radius 2 is 2.05 bits per heavy atom. The Labute approximate surface area is 130 Å². The van der Waals surface area contributed by atoms with E-state index in [0.29, 0.717) is 12.8 Å². The summed E-state index contributed by atoms with van der Waals surface area (Å²) >= 11 is 0. The second-order valence-corrected chi connectivity index (χ2v) is 5.29. The average molecular weight is 312 g/mol. The molecule has 1 rings (SSSR count). The maximum Gasteiger partial charge on any atom is 0.508 e. The Kier molecular flexibility index (Phi) is 7.48. The number of hydrogen-bond donors (Lipinski definition) is 4. The first-order valence-corrected chi connectivity index (χ1v) is 7.55. The molecule has 0 aliphatic heterocycles. The minimum Gasteiger partial charge on any atom is -0.422 e. The van der Waals surface area contributed by atoms with Crippen molar-refractivity contribution >= 4 is 18.4 Å². The van der Waals surface area contributed by atoms with Crippen molar-refractivity contribution in [3.05, 3.63) is 29.6 Å². The van der Waals surface area contributed by atoms with Crippen molar-refractivity contribution < 1.29 is 18.8 Å². The predicted octanol–water partition coefficient (Wildman–Crippen LogP) is 2.92. The Morgan fingerprint density at radius 3 is 2.59 bits per heavy atom. The molecule has 1 aromatic rings. The lowest BCUT2D eigenvalue weighted by Crippen LogP contribution is -2.32. The Bertz CT molecular complexity index is 500. The van der Waals surface area contributed by atoms with Crippen LogP contribution in [0, 0.1) is 11.2 Å². The van der Waals surface area contributed by atoms with E-state index in [0.717, 1.165) is 25.0 Å². The van der Waals surface area contributed by atoms with Gasteiger partial charge in [0.1, 0.15) is 12.0 Å². The van der Waals surface area contributed by atoms with Gasteiger partial charge in [-0.05, 0) is 31.0 Å². The topological polar surface area (TPSA) is 76.3 Å². The smallest absolute Gasteiger partial charge is 0.422 e. The van der Waals surface area contributed by atoms with Crippen molar-refractivity contribution in [3.63, 3.8) is 0 Å². The second-order valence-electron chi connectivity index (χ2n) is 5.29. The molecule has 2 atom stereocenters. The van der Waals surface area contributed by atoms with Crippen LogP contribution in [0.1, 0.15) is 45.1 Å². The summed E-state index contributed by atoms with van der Waals surface area (Å²) in [5.41, 5.74) is -0.0971. The van der Waals surface area contributed by atoms with Crippen molar-refractivity contribution in [2.75, 3.05) is 5.32 Å². The molecule has 0 spiro atoms. The Morgan fingerprint density at radius 1 is 1.36 bits per heavy atom. The van der Waals surface area contributed by atoms with Crippen molar-refractivity contribution in [1.82, 2.24) is 0 Å². The molecule has 4 N–H and O–H groups in total. The number of nitrogens with one attached hydrogen (secondary N) is 2. The summed E-state index contributed by atoms with van der Waals surface area (Å²) in [7, 11) is -1.97. The van der Waals surface area contributed by atoms with E-state index in [4.69, 9.17) is 15.5 Å². The highest BCUT2D eigenvalue weighted by Gasteiger charge is 2.24. The van der Waals surface area contributed by atoms with Gasteiger partial charge in [-0.3, -0.25) is 0 Å². The van der Waals surface area contributed by atoms with E-state index in [9.17, 15) is 8.78 Å². The third kappa shape index (κ3) is 5.07. The van der Waals surface area contributed by atoms with Gasteiger partial charge in [0.2, 0.25) is 0 Å². The fraction of sp³-hybridized carbons (Fsp3) is 0.533. The number of rotatable bonds is 9. The summed E-state index contributed by atoms with van der Waals surface area (Å²) in [6.45, 7) is 3.74. The maximum atomic E-state index is 14.1. The molecular weight excluding hydrogens is 289 g/mol. The Balaban J connectivity index is 3.06. The molecule has 4 nitrogen and oxygen atoms in total. The van der Waals surface area contributed by atoms with Gasteiger partial charge in [0.15, 0.2) is 0 Å². The zero-order valence-corrected chi connectivity index (χ0v) is 12.9. The van der Waals surface area contributed by atoms with Gasteiger partial charge in [-0.1, -0.05) is 26.7 Å². The second kappa shape index (κ2) is 8.85. The molecule has 122 valence electrons. The number of halogens is 2. The van der Waals surface area contributed by atoms with Gasteiger partial charge in [0, 0.05) is 11.3 Å². The molecule has 0 radical (unpaired) electrons. The van der Waals surface area contributed by atoms with E-state index in [2.05, 4.69) is 5.32 Å². The summed E-state index contributed by atoms with van der Waals surface area (Å²) in [6, 6.07) is 3.06. The Hall–Kier alpha value is -1.47. The van der Waals surface area contributed by atoms with Crippen LogP contribution in [-0.2, 0) is 0 Å². The number of unbranched alkanes of at least 4 members (excludes halogenated alkanes) is 1. The highest BCUT2D eigenvalue weighted by atomic mass is 19.1. The lowest BCUT2D eigenvalue weighted by atomic mass is 9.78. The lowest BCUT2D eigenvalue weighted by Gasteiger charge is -2.24. The third-order valence-corrected chi connectivity index (χ3v) is 3.57. The van der Waals surface area contributed by atoms with Crippen molar-refractivity contribution in [1.29, 1.82) is 5.41 Å². The maximum absolute atomic E-state index is 14.1. The molecule has 0 saturated carbocycles. The fourth-order valence-corrected chi connectivity index (χ4v) is 2.26. The molecule has 7 heteroatoms. The van der Waals surface area contributed by atoms with Crippen LogP contribution < -0.4 is 5.32 Å². The largest absolute Gasteiger partial charge is 0.508 e. The number of benzene rings is 1. The van der Waals surface area contributed by atoms with Crippen LogP contribution in [0.4, 0.5) is 14.5 Å². The predicted molar refractivity (Wildman–Crippen MR) is 85.5 cm³/mol. The SMILES string of the molecule is CCCCC(Nc1cc(F)ccc1C(=N)B(O)O)C(F)CC. The van der Waals surface area contributed by atoms with Crippen molar-refractivity contribution in [3.8, 4) is 0 Å². The number of hydrogen-bond acceptors (Lipinski definition) is 4. The van der Waals surface area contributed by atoms with Gasteiger partial charge in [-0.25, -0.2) is 8.78 Å². The highest BCUT2D eigenvalue weighted by Crippen LogP contribution is 2.23. The first kappa shape index (κ1) is 18.6. The summed E-state index contributed by atoms with van der Waals surface area (Å²) in [4.78, 5) is 0. The summed E-state index contributed by atoms with van der Waals surface area (Å²) in [5, 5.41) is 28.9. The first-order chi connectivity index (χ1) is 10.4. The monoisotopic (exact) mass is 312 g/mol. The first-order valence-electron chi connectivity index (χ1n) is 7.55. The van der Waals surface area contributed by atoms with Crippen LogP contribution in [0.25, 0.3) is 0 Å². The molecule has 0 amide bonds. The summed E-state index contributed by atoms with van der Waals surface area (Å²) in [5.74, 6) is -0.535. The quantitative estimate of drug-likeness (QED) is 0.418. The van der Waals surface area contributed by atoms with Crippen LogP contribution in [0.2, 0.25) is 0 Å². The van der Waals surface area contributed by atoms with Gasteiger partial charge in [-0.2, -0.15) is 0 Å². The van der Waals surface area contributed by atoms with Gasteiger partial charge in [-0.15, -0.1) is 0 Å². The molecule has 0 fully saturated rings. The standard InChI is InChI=1S/C15H23BF2N2O2/c1-3-5-6-13(12(18)4-2)20-14-9-10(17)7-8-11(14)15(19)16(21)22/h7-9,12-13,19-22H,3-6H2,1-2H3. The van der Waals surface area contributed by atoms with Gasteiger partial charge >= 0.3 is 7.12 Å². The van der Waals surface area contributed by atoms with E-state index in [1.54, 1.807) is 6.92 Å². The van der Waals surface area contributed by atoms with E-state index in [1.807, 2.05) is 6.92 Å². The molecule has 22 heavy (non-hydrogen) atoms. The zero-order chi connectivity index (χ0) is 16.7. The molecule has 0 bridgehead atoms. The van der Waals surface area contributed by atoms with Crippen LogP contribution in [0.3, 0.4) is 0 Å². The molecule has 0 aliphatic carbocycles. The number of anilines is 1. The molecule has 0 saturated heterocycles. The van der Waals surface area contributed by atoms with Gasteiger partial charge in [0.25, 0.3) is 0 Å². The van der Waals surface area contributed by atoms with E-state index in [1.165, 1.54) is 6.07 Å². The molecule has 0 aromatic heterocycles. The highest BCUT2D eigenvalue weighted by molar-refractivity contribution is 6.82. The molecule has 2 unspecified atom stereocenters. The third-order valence-electron chi connectivity index (χ3n) is 3.57. The average Bonchev–Trinajstić information content (AvgIpc) is 2.50. The van der Waals surface area contributed by atoms with Crippen molar-refractivity contribution in [2.24, 2.45) is 0 Å². The van der Waals surface area contributed by atoms with Gasteiger partial charge < -0.3 is 20.8 Å². The van der Waals surface area contributed by atoms with E-state index >= 15 is 0 Å². The van der Waals surface area contributed by atoms with Gasteiger partial charge in [0.05, 0.1) is 11.7 Å². The van der Waals surface area contributed by atoms with Crippen LogP contribution in [0.5, 0.6) is 0 Å². The molecular formula is C15H23BF2N2O2. The fourth-order valence-electron chi connectivity index (χ4n) is 2.26. The number of alkyl halides is 1. The minimum atomic E-state index is -1.97. The molecule has 0 aliphatic rings. The lowest BCUT2D eigenvalue weighted by molar-refractivity contribution is 0.274. The van der Waals surface area contributed by atoms with E-state index < -0.39 is 30.8 Å². The summed E-state index contributed by atoms with van der Waals surface area (Å²) in [6.07, 6.45) is 1.54. The summed E-state index contributed by atoms with van der Waals surface area (Å²) < 4.78 is 27.6. The van der Waals surface area contributed by atoms with Crippen LogP contribution in [-0.4, -0.2) is 35.0 Å². The van der Waals surface area contributed by atoms with Crippen molar-refractivity contribution in [2.45, 2.75) is 51.7 Å². The zero-order valence-electron chi connectivity index (χ0n) is 12.9. The molecule has 1 aromatic carbocycles. The van der Waals surface area contributed by atoms with Crippen LogP contribution >= 0.6 is 0 Å². The van der Waals surface area contributed by atoms with Crippen LogP contribution in [0.15, 0.2) is 18.2 Å². The minimum absolute atomic E-state index is 0.154. The molecule has 0 heterocycles. The van der Waals surface area contributed by atoms with E-state index in [-0.39, 0.29) is 11.3 Å².